The number of sulfone groups is 1. The number of carbonyl (C=O) groups is 2. The largest absolute Gasteiger partial charge is 0.481 e. The second kappa shape index (κ2) is 6.67. The lowest BCUT2D eigenvalue weighted by Crippen LogP contribution is -2.47. The van der Waals surface area contributed by atoms with Crippen molar-refractivity contribution in [1.29, 1.82) is 0 Å². The van der Waals surface area contributed by atoms with Crippen LogP contribution in [0.15, 0.2) is 30.3 Å². The van der Waals surface area contributed by atoms with Gasteiger partial charge in [-0.1, -0.05) is 30.3 Å². The summed E-state index contributed by atoms with van der Waals surface area (Å²) in [5, 5.41) is 9.38. The first-order chi connectivity index (χ1) is 11.8. The Morgan fingerprint density at radius 1 is 1.20 bits per heavy atom. The van der Waals surface area contributed by atoms with E-state index in [9.17, 15) is 23.1 Å². The molecule has 7 nitrogen and oxygen atoms in total. The molecule has 1 N–H and O–H groups in total. The fourth-order valence-electron chi connectivity index (χ4n) is 3.80. The SMILES string of the molecule is O=C(O)C1CS(=O)(=O)CC12CCN(C(=O)OCc1ccccc1)CC2. The predicted octanol–water partition coefficient (Wildman–Crippen LogP) is 1.53. The highest BCUT2D eigenvalue weighted by Crippen LogP contribution is 2.46. The molecule has 2 aliphatic heterocycles. The van der Waals surface area contributed by atoms with E-state index in [0.29, 0.717) is 25.9 Å². The van der Waals surface area contributed by atoms with Crippen molar-refractivity contribution in [2.45, 2.75) is 19.4 Å². The highest BCUT2D eigenvalue weighted by Gasteiger charge is 2.54. The molecule has 1 unspecified atom stereocenters. The van der Waals surface area contributed by atoms with Gasteiger partial charge in [-0.3, -0.25) is 4.79 Å². The quantitative estimate of drug-likeness (QED) is 0.869. The number of piperidine rings is 1. The lowest BCUT2D eigenvalue weighted by atomic mass is 9.71. The Labute approximate surface area is 146 Å². The van der Waals surface area contributed by atoms with Crippen LogP contribution in [-0.4, -0.2) is 55.1 Å². The molecule has 1 aromatic rings. The number of benzene rings is 1. The van der Waals surface area contributed by atoms with E-state index in [1.54, 1.807) is 0 Å². The summed E-state index contributed by atoms with van der Waals surface area (Å²) < 4.78 is 29.1. The molecule has 1 spiro atoms. The molecule has 136 valence electrons. The summed E-state index contributed by atoms with van der Waals surface area (Å²) in [6.07, 6.45) is 0.277. The normalized spacial score (nSPS) is 24.2. The van der Waals surface area contributed by atoms with Gasteiger partial charge in [0, 0.05) is 18.5 Å². The molecule has 2 saturated heterocycles. The van der Waals surface area contributed by atoms with Crippen molar-refractivity contribution in [1.82, 2.24) is 4.90 Å². The highest BCUT2D eigenvalue weighted by atomic mass is 32.2. The van der Waals surface area contributed by atoms with Crippen molar-refractivity contribution in [2.24, 2.45) is 11.3 Å². The van der Waals surface area contributed by atoms with Crippen molar-refractivity contribution in [3.63, 3.8) is 0 Å². The van der Waals surface area contributed by atoms with Gasteiger partial charge in [0.15, 0.2) is 9.84 Å². The Balaban J connectivity index is 1.59. The monoisotopic (exact) mass is 367 g/mol. The maximum atomic E-state index is 12.2. The number of hydrogen-bond acceptors (Lipinski definition) is 5. The second-order valence-corrected chi connectivity index (χ2v) is 8.94. The average Bonchev–Trinajstić information content (AvgIpc) is 2.85. The van der Waals surface area contributed by atoms with Crippen LogP contribution < -0.4 is 0 Å². The van der Waals surface area contributed by atoms with Crippen LogP contribution in [0.1, 0.15) is 18.4 Å². The molecule has 0 aromatic heterocycles. The van der Waals surface area contributed by atoms with Gasteiger partial charge < -0.3 is 14.7 Å². The van der Waals surface area contributed by atoms with E-state index >= 15 is 0 Å². The number of amides is 1. The minimum Gasteiger partial charge on any atom is -0.481 e. The molecular formula is C17H21NO6S. The van der Waals surface area contributed by atoms with E-state index in [2.05, 4.69) is 0 Å². The zero-order valence-corrected chi connectivity index (χ0v) is 14.6. The van der Waals surface area contributed by atoms with Gasteiger partial charge >= 0.3 is 12.1 Å². The third kappa shape index (κ3) is 3.78. The van der Waals surface area contributed by atoms with E-state index in [4.69, 9.17) is 4.74 Å². The van der Waals surface area contributed by atoms with Crippen LogP contribution in [-0.2, 0) is 26.0 Å². The van der Waals surface area contributed by atoms with E-state index in [0.717, 1.165) is 5.56 Å². The predicted molar refractivity (Wildman–Crippen MR) is 89.6 cm³/mol. The third-order valence-electron chi connectivity index (χ3n) is 5.19. The maximum Gasteiger partial charge on any atom is 0.410 e. The van der Waals surface area contributed by atoms with E-state index in [-0.39, 0.29) is 18.1 Å². The van der Waals surface area contributed by atoms with Crippen LogP contribution in [0, 0.1) is 11.3 Å². The van der Waals surface area contributed by atoms with Gasteiger partial charge in [-0.2, -0.15) is 0 Å². The highest BCUT2D eigenvalue weighted by molar-refractivity contribution is 7.91. The Morgan fingerprint density at radius 3 is 2.44 bits per heavy atom. The molecule has 0 saturated carbocycles. The zero-order valence-electron chi connectivity index (χ0n) is 13.8. The molecule has 1 aromatic carbocycles. The number of aliphatic carboxylic acids is 1. The van der Waals surface area contributed by atoms with Crippen LogP contribution in [0.5, 0.6) is 0 Å². The number of carboxylic acids is 1. The first-order valence-corrected chi connectivity index (χ1v) is 10.0. The van der Waals surface area contributed by atoms with Gasteiger partial charge in [-0.15, -0.1) is 0 Å². The molecule has 1 amide bonds. The Morgan fingerprint density at radius 2 is 1.84 bits per heavy atom. The standard InChI is InChI=1S/C17H21NO6S/c19-15(20)14-11-25(22,23)12-17(14)6-8-18(9-7-17)16(21)24-10-13-4-2-1-3-5-13/h1-5,14H,6-12H2,(H,19,20). The number of rotatable bonds is 3. The Kier molecular flexibility index (Phi) is 4.73. The first-order valence-electron chi connectivity index (χ1n) is 8.20. The van der Waals surface area contributed by atoms with Gasteiger partial charge in [0.1, 0.15) is 6.61 Å². The molecule has 0 radical (unpaired) electrons. The summed E-state index contributed by atoms with van der Waals surface area (Å²) in [6.45, 7) is 0.799. The fourth-order valence-corrected chi connectivity index (χ4v) is 6.29. The summed E-state index contributed by atoms with van der Waals surface area (Å²) in [7, 11) is -3.35. The number of carbonyl (C=O) groups excluding carboxylic acids is 1. The van der Waals surface area contributed by atoms with Crippen LogP contribution in [0.2, 0.25) is 0 Å². The number of ether oxygens (including phenoxy) is 1. The van der Waals surface area contributed by atoms with Crippen molar-refractivity contribution >= 4 is 21.9 Å². The molecular weight excluding hydrogens is 346 g/mol. The zero-order chi connectivity index (χ0) is 18.1. The summed E-state index contributed by atoms with van der Waals surface area (Å²) >= 11 is 0. The van der Waals surface area contributed by atoms with Crippen LogP contribution in [0.3, 0.4) is 0 Å². The van der Waals surface area contributed by atoms with Crippen molar-refractivity contribution in [3.05, 3.63) is 35.9 Å². The van der Waals surface area contributed by atoms with Crippen molar-refractivity contribution in [2.75, 3.05) is 24.6 Å². The average molecular weight is 367 g/mol. The first kappa shape index (κ1) is 17.7. The second-order valence-electron chi connectivity index (χ2n) is 6.83. The molecule has 1 atom stereocenters. The summed E-state index contributed by atoms with van der Waals surface area (Å²) in [6, 6.07) is 9.32. The smallest absolute Gasteiger partial charge is 0.410 e. The van der Waals surface area contributed by atoms with Gasteiger partial charge in [0.2, 0.25) is 0 Å². The molecule has 2 fully saturated rings. The maximum absolute atomic E-state index is 12.2. The van der Waals surface area contributed by atoms with Crippen LogP contribution in [0.4, 0.5) is 4.79 Å². The molecule has 25 heavy (non-hydrogen) atoms. The van der Waals surface area contributed by atoms with E-state index in [1.165, 1.54) is 4.90 Å². The van der Waals surface area contributed by atoms with Crippen LogP contribution >= 0.6 is 0 Å². The van der Waals surface area contributed by atoms with Crippen molar-refractivity contribution in [3.8, 4) is 0 Å². The molecule has 2 heterocycles. The fraction of sp³-hybridized carbons (Fsp3) is 0.529. The summed E-state index contributed by atoms with van der Waals surface area (Å²) in [5.74, 6) is -2.37. The minimum atomic E-state index is -3.35. The lowest BCUT2D eigenvalue weighted by molar-refractivity contribution is -0.145. The molecule has 3 rings (SSSR count). The topological polar surface area (TPSA) is 101 Å². The third-order valence-corrected chi connectivity index (χ3v) is 7.04. The van der Waals surface area contributed by atoms with Gasteiger partial charge in [-0.05, 0) is 18.4 Å². The molecule has 0 bridgehead atoms. The van der Waals surface area contributed by atoms with E-state index in [1.807, 2.05) is 30.3 Å². The van der Waals surface area contributed by atoms with Crippen LogP contribution in [0.25, 0.3) is 0 Å². The minimum absolute atomic E-state index is 0.107. The van der Waals surface area contributed by atoms with E-state index < -0.39 is 33.2 Å². The molecule has 8 heteroatoms. The van der Waals surface area contributed by atoms with Gasteiger partial charge in [-0.25, -0.2) is 13.2 Å². The molecule has 2 aliphatic rings. The Hall–Kier alpha value is -2.09. The number of hydrogen-bond donors (Lipinski definition) is 1. The summed E-state index contributed by atoms with van der Waals surface area (Å²) in [5.41, 5.74) is 0.123. The number of likely N-dealkylation sites (tertiary alicyclic amines) is 1. The lowest BCUT2D eigenvalue weighted by Gasteiger charge is -2.40. The number of carboxylic acid groups (broad SMARTS) is 1. The van der Waals surface area contributed by atoms with Gasteiger partial charge in [0.05, 0.1) is 17.4 Å². The Bertz CT molecular complexity index is 753. The number of nitrogens with zero attached hydrogens (tertiary/aromatic N) is 1. The molecule has 0 aliphatic carbocycles. The summed E-state index contributed by atoms with van der Waals surface area (Å²) in [4.78, 5) is 25.2. The van der Waals surface area contributed by atoms with Gasteiger partial charge in [0.25, 0.3) is 0 Å². The van der Waals surface area contributed by atoms with Crippen molar-refractivity contribution < 1.29 is 27.9 Å².